The molecule has 1 aromatic carbocycles. The van der Waals surface area contributed by atoms with E-state index in [2.05, 4.69) is 35.2 Å². The third kappa shape index (κ3) is 3.65. The highest BCUT2D eigenvalue weighted by Crippen LogP contribution is 2.38. The number of ether oxygens (including phenoxy) is 1. The molecule has 0 aromatic heterocycles. The Morgan fingerprint density at radius 2 is 1.81 bits per heavy atom. The van der Waals surface area contributed by atoms with Crippen LogP contribution in [0.4, 0.5) is 0 Å². The molecule has 1 aromatic rings. The lowest BCUT2D eigenvalue weighted by Crippen LogP contribution is -2.45. The predicted molar refractivity (Wildman–Crippen MR) is 82.7 cm³/mol. The van der Waals surface area contributed by atoms with E-state index in [0.29, 0.717) is 18.4 Å². The lowest BCUT2D eigenvalue weighted by Gasteiger charge is -2.43. The molecule has 2 fully saturated rings. The Morgan fingerprint density at radius 1 is 1.14 bits per heavy atom. The van der Waals surface area contributed by atoms with Crippen molar-refractivity contribution in [2.24, 2.45) is 17.8 Å². The second kappa shape index (κ2) is 6.61. The summed E-state index contributed by atoms with van der Waals surface area (Å²) in [5, 5.41) is 0. The van der Waals surface area contributed by atoms with Gasteiger partial charge in [0.2, 0.25) is 0 Å². The van der Waals surface area contributed by atoms with Crippen LogP contribution in [0.1, 0.15) is 31.7 Å². The van der Waals surface area contributed by atoms with Gasteiger partial charge >= 0.3 is 5.97 Å². The molecule has 2 aliphatic rings. The summed E-state index contributed by atoms with van der Waals surface area (Å²) in [4.78, 5) is 14.5. The SMILES string of the molecule is CCOC(=O)C1CC2CC(C1)CN(Cc1ccccc1)C2. The summed E-state index contributed by atoms with van der Waals surface area (Å²) in [6.07, 6.45) is 3.32. The minimum atomic E-state index is 0.0312. The van der Waals surface area contributed by atoms with Crippen LogP contribution in [-0.2, 0) is 16.1 Å². The standard InChI is InChI=1S/C18H25NO2/c1-2-21-18(20)17-9-15-8-16(10-17)13-19(12-15)11-14-6-4-3-5-7-14/h3-7,15-17H,2,8-13H2,1H3. The fourth-order valence-corrected chi connectivity index (χ4v) is 4.09. The number of esters is 1. The number of likely N-dealkylation sites (tertiary alicyclic amines) is 1. The van der Waals surface area contributed by atoms with Gasteiger partial charge < -0.3 is 4.74 Å². The van der Waals surface area contributed by atoms with E-state index in [-0.39, 0.29) is 11.9 Å². The van der Waals surface area contributed by atoms with Crippen LogP contribution >= 0.6 is 0 Å². The van der Waals surface area contributed by atoms with E-state index < -0.39 is 0 Å². The van der Waals surface area contributed by atoms with Gasteiger partial charge in [0.15, 0.2) is 0 Å². The normalized spacial score (nSPS) is 29.1. The molecule has 3 rings (SSSR count). The molecule has 2 unspecified atom stereocenters. The smallest absolute Gasteiger partial charge is 0.308 e. The monoisotopic (exact) mass is 287 g/mol. The van der Waals surface area contributed by atoms with Gasteiger partial charge in [0, 0.05) is 19.6 Å². The Bertz CT molecular complexity index is 459. The molecular weight excluding hydrogens is 262 g/mol. The fourth-order valence-electron chi connectivity index (χ4n) is 4.09. The van der Waals surface area contributed by atoms with E-state index in [9.17, 15) is 4.79 Å². The topological polar surface area (TPSA) is 29.5 Å². The number of carbonyl (C=O) groups is 1. The molecule has 0 N–H and O–H groups in total. The van der Waals surface area contributed by atoms with Gasteiger partial charge in [0.05, 0.1) is 12.5 Å². The zero-order chi connectivity index (χ0) is 14.7. The highest BCUT2D eigenvalue weighted by Gasteiger charge is 2.38. The summed E-state index contributed by atoms with van der Waals surface area (Å²) in [6.45, 7) is 5.69. The second-order valence-corrected chi connectivity index (χ2v) is 6.57. The first-order valence-corrected chi connectivity index (χ1v) is 8.17. The lowest BCUT2D eigenvalue weighted by molar-refractivity contribution is -0.151. The van der Waals surface area contributed by atoms with Crippen molar-refractivity contribution in [2.45, 2.75) is 32.7 Å². The van der Waals surface area contributed by atoms with Gasteiger partial charge in [-0.2, -0.15) is 0 Å². The number of fused-ring (bicyclic) bond motifs is 2. The Labute approximate surface area is 127 Å². The number of hydrogen-bond donors (Lipinski definition) is 0. The van der Waals surface area contributed by atoms with Crippen molar-refractivity contribution in [3.05, 3.63) is 35.9 Å². The Kier molecular flexibility index (Phi) is 4.59. The highest BCUT2D eigenvalue weighted by molar-refractivity contribution is 5.72. The minimum absolute atomic E-state index is 0.0312. The maximum atomic E-state index is 12.0. The summed E-state index contributed by atoms with van der Waals surface area (Å²) in [5.41, 5.74) is 1.39. The minimum Gasteiger partial charge on any atom is -0.466 e. The molecule has 21 heavy (non-hydrogen) atoms. The van der Waals surface area contributed by atoms with Crippen molar-refractivity contribution in [1.82, 2.24) is 4.90 Å². The average Bonchev–Trinajstić information content (AvgIpc) is 2.47. The first kappa shape index (κ1) is 14.6. The number of hydrogen-bond acceptors (Lipinski definition) is 3. The molecule has 0 amide bonds. The first-order chi connectivity index (χ1) is 10.2. The molecule has 1 aliphatic heterocycles. The van der Waals surface area contributed by atoms with Crippen molar-refractivity contribution in [3.8, 4) is 0 Å². The quantitative estimate of drug-likeness (QED) is 0.797. The summed E-state index contributed by atoms with van der Waals surface area (Å²) in [6, 6.07) is 10.7. The van der Waals surface area contributed by atoms with E-state index in [1.165, 1.54) is 12.0 Å². The molecule has 1 aliphatic carbocycles. The third-order valence-electron chi connectivity index (χ3n) is 4.80. The van der Waals surface area contributed by atoms with Gasteiger partial charge in [-0.15, -0.1) is 0 Å². The van der Waals surface area contributed by atoms with Crippen molar-refractivity contribution < 1.29 is 9.53 Å². The van der Waals surface area contributed by atoms with Gasteiger partial charge in [-0.25, -0.2) is 0 Å². The Morgan fingerprint density at radius 3 is 2.43 bits per heavy atom. The molecule has 1 saturated carbocycles. The van der Waals surface area contributed by atoms with Crippen LogP contribution in [0.5, 0.6) is 0 Å². The number of carbonyl (C=O) groups excluding carboxylic acids is 1. The lowest BCUT2D eigenvalue weighted by atomic mass is 9.72. The van der Waals surface area contributed by atoms with Crippen molar-refractivity contribution >= 4 is 5.97 Å². The van der Waals surface area contributed by atoms with Crippen LogP contribution in [0.15, 0.2) is 30.3 Å². The summed E-state index contributed by atoms with van der Waals surface area (Å²) in [5.74, 6) is 1.50. The van der Waals surface area contributed by atoms with Crippen LogP contribution in [0.3, 0.4) is 0 Å². The number of rotatable bonds is 4. The maximum Gasteiger partial charge on any atom is 0.308 e. The summed E-state index contributed by atoms with van der Waals surface area (Å²) in [7, 11) is 0. The van der Waals surface area contributed by atoms with E-state index in [1.807, 2.05) is 6.92 Å². The first-order valence-electron chi connectivity index (χ1n) is 8.17. The van der Waals surface area contributed by atoms with Crippen LogP contribution < -0.4 is 0 Å². The van der Waals surface area contributed by atoms with Gasteiger partial charge in [0.25, 0.3) is 0 Å². The number of nitrogens with zero attached hydrogens (tertiary/aromatic N) is 1. The van der Waals surface area contributed by atoms with E-state index in [1.54, 1.807) is 0 Å². The zero-order valence-corrected chi connectivity index (χ0v) is 12.8. The third-order valence-corrected chi connectivity index (χ3v) is 4.80. The maximum absolute atomic E-state index is 12.0. The zero-order valence-electron chi connectivity index (χ0n) is 12.8. The summed E-state index contributed by atoms with van der Waals surface area (Å²) < 4.78 is 5.22. The molecule has 1 heterocycles. The van der Waals surface area contributed by atoms with Gasteiger partial charge in [-0.1, -0.05) is 30.3 Å². The number of benzene rings is 1. The average molecular weight is 287 g/mol. The van der Waals surface area contributed by atoms with E-state index in [0.717, 1.165) is 32.5 Å². The van der Waals surface area contributed by atoms with E-state index >= 15 is 0 Å². The van der Waals surface area contributed by atoms with Gasteiger partial charge in [-0.3, -0.25) is 9.69 Å². The Hall–Kier alpha value is -1.35. The van der Waals surface area contributed by atoms with E-state index in [4.69, 9.17) is 4.74 Å². The van der Waals surface area contributed by atoms with Gasteiger partial charge in [-0.05, 0) is 43.6 Å². The second-order valence-electron chi connectivity index (χ2n) is 6.57. The van der Waals surface area contributed by atoms with Crippen molar-refractivity contribution in [1.29, 1.82) is 0 Å². The molecule has 3 nitrogen and oxygen atoms in total. The molecule has 114 valence electrons. The number of piperidine rings is 1. The molecule has 2 bridgehead atoms. The van der Waals surface area contributed by atoms with Crippen molar-refractivity contribution in [3.63, 3.8) is 0 Å². The molecular formula is C18H25NO2. The highest BCUT2D eigenvalue weighted by atomic mass is 16.5. The van der Waals surface area contributed by atoms with Crippen LogP contribution in [0.2, 0.25) is 0 Å². The van der Waals surface area contributed by atoms with Gasteiger partial charge in [0.1, 0.15) is 0 Å². The van der Waals surface area contributed by atoms with Crippen LogP contribution in [-0.4, -0.2) is 30.6 Å². The Balaban J connectivity index is 1.57. The largest absolute Gasteiger partial charge is 0.466 e. The molecule has 0 radical (unpaired) electrons. The summed E-state index contributed by atoms with van der Waals surface area (Å²) >= 11 is 0. The van der Waals surface area contributed by atoms with Crippen molar-refractivity contribution in [2.75, 3.05) is 19.7 Å². The van der Waals surface area contributed by atoms with Crippen LogP contribution in [0.25, 0.3) is 0 Å². The molecule has 2 atom stereocenters. The molecule has 1 saturated heterocycles. The molecule has 0 spiro atoms. The fraction of sp³-hybridized carbons (Fsp3) is 0.611. The van der Waals surface area contributed by atoms with Crippen LogP contribution in [0, 0.1) is 17.8 Å². The molecule has 3 heteroatoms. The predicted octanol–water partition coefficient (Wildman–Crippen LogP) is 3.10.